The van der Waals surface area contributed by atoms with Crippen molar-refractivity contribution >= 4 is 16.5 Å². The normalized spacial score (nSPS) is 18.9. The zero-order valence-electron chi connectivity index (χ0n) is 7.65. The fourth-order valence-corrected chi connectivity index (χ4v) is 2.40. The zero-order chi connectivity index (χ0) is 9.10. The van der Waals surface area contributed by atoms with Gasteiger partial charge in [0.2, 0.25) is 0 Å². The number of aromatic nitrogens is 1. The number of nitrogens with zero attached hydrogens (tertiary/aromatic N) is 2. The highest BCUT2D eigenvalue weighted by atomic mass is 32.1. The van der Waals surface area contributed by atoms with E-state index in [2.05, 4.69) is 22.5 Å². The molecule has 1 saturated heterocycles. The lowest BCUT2D eigenvalue weighted by Crippen LogP contribution is -2.32. The number of piperidine rings is 1. The largest absolute Gasteiger partial charge is 0.348 e. The average Bonchev–Trinajstić information content (AvgIpc) is 2.71. The van der Waals surface area contributed by atoms with Crippen LogP contribution in [0.3, 0.4) is 0 Å². The lowest BCUT2D eigenvalue weighted by atomic mass is 9.98. The number of rotatable bonds is 2. The quantitative estimate of drug-likeness (QED) is 0.673. The Morgan fingerprint density at radius 1 is 1.54 bits per heavy atom. The van der Waals surface area contributed by atoms with E-state index in [0.29, 0.717) is 0 Å². The summed E-state index contributed by atoms with van der Waals surface area (Å²) in [4.78, 5) is 6.68. The summed E-state index contributed by atoms with van der Waals surface area (Å²) in [6.07, 6.45) is 6.41. The molecule has 2 rings (SSSR count). The van der Waals surface area contributed by atoms with Gasteiger partial charge in [0.25, 0.3) is 0 Å². The molecule has 1 aliphatic heterocycles. The van der Waals surface area contributed by atoms with Gasteiger partial charge in [-0.3, -0.25) is 0 Å². The molecule has 0 spiro atoms. The van der Waals surface area contributed by atoms with Crippen LogP contribution in [0.15, 0.2) is 24.2 Å². The van der Waals surface area contributed by atoms with Crippen LogP contribution in [0, 0.1) is 5.92 Å². The van der Waals surface area contributed by atoms with E-state index in [1.54, 1.807) is 11.3 Å². The second-order valence-corrected chi connectivity index (χ2v) is 4.25. The van der Waals surface area contributed by atoms with Gasteiger partial charge in [-0.25, -0.2) is 4.98 Å². The summed E-state index contributed by atoms with van der Waals surface area (Å²) < 4.78 is 0. The van der Waals surface area contributed by atoms with Gasteiger partial charge < -0.3 is 4.90 Å². The van der Waals surface area contributed by atoms with Crippen molar-refractivity contribution in [2.24, 2.45) is 5.92 Å². The van der Waals surface area contributed by atoms with Crippen molar-refractivity contribution in [2.45, 2.75) is 12.8 Å². The number of hydrogen-bond donors (Lipinski definition) is 0. The number of hydrogen-bond acceptors (Lipinski definition) is 3. The Bertz CT molecular complexity index is 260. The Kier molecular flexibility index (Phi) is 2.64. The second kappa shape index (κ2) is 3.92. The van der Waals surface area contributed by atoms with E-state index in [1.807, 2.05) is 11.6 Å². The standard InChI is InChI=1S/C10H14N2S/c1-2-9-3-6-12(7-4-9)10-11-5-8-13-10/h2,5,8-9H,1,3-4,6-7H2. The van der Waals surface area contributed by atoms with Crippen molar-refractivity contribution in [3.05, 3.63) is 24.2 Å². The molecule has 0 amide bonds. The van der Waals surface area contributed by atoms with E-state index < -0.39 is 0 Å². The molecule has 1 aromatic heterocycles. The Morgan fingerprint density at radius 2 is 2.31 bits per heavy atom. The first-order chi connectivity index (χ1) is 6.40. The maximum Gasteiger partial charge on any atom is 0.185 e. The van der Waals surface area contributed by atoms with Crippen molar-refractivity contribution in [1.29, 1.82) is 0 Å². The highest BCUT2D eigenvalue weighted by molar-refractivity contribution is 7.13. The number of thiazole rings is 1. The lowest BCUT2D eigenvalue weighted by Gasteiger charge is -2.30. The van der Waals surface area contributed by atoms with E-state index in [0.717, 1.165) is 19.0 Å². The molecule has 3 heteroatoms. The molecule has 0 aromatic carbocycles. The molecular formula is C10H14N2S. The van der Waals surface area contributed by atoms with Crippen LogP contribution in [0.4, 0.5) is 5.13 Å². The van der Waals surface area contributed by atoms with Crippen LogP contribution in [0.5, 0.6) is 0 Å². The first kappa shape index (κ1) is 8.75. The Hall–Kier alpha value is -0.830. The van der Waals surface area contributed by atoms with Gasteiger partial charge in [0.05, 0.1) is 0 Å². The van der Waals surface area contributed by atoms with E-state index in [-0.39, 0.29) is 0 Å². The molecule has 2 heterocycles. The molecule has 0 atom stereocenters. The predicted octanol–water partition coefficient (Wildman–Crippen LogP) is 2.55. The van der Waals surface area contributed by atoms with Gasteiger partial charge in [0.1, 0.15) is 0 Å². The van der Waals surface area contributed by atoms with Crippen molar-refractivity contribution in [3.8, 4) is 0 Å². The first-order valence-corrected chi connectivity index (χ1v) is 5.55. The van der Waals surface area contributed by atoms with Gasteiger partial charge >= 0.3 is 0 Å². The molecule has 1 aromatic rings. The van der Waals surface area contributed by atoms with Crippen molar-refractivity contribution in [3.63, 3.8) is 0 Å². The molecule has 13 heavy (non-hydrogen) atoms. The minimum atomic E-state index is 0.719. The third-order valence-corrected chi connectivity index (χ3v) is 3.39. The smallest absolute Gasteiger partial charge is 0.185 e. The molecular weight excluding hydrogens is 180 g/mol. The molecule has 0 radical (unpaired) electrons. The molecule has 1 aliphatic rings. The van der Waals surface area contributed by atoms with E-state index in [9.17, 15) is 0 Å². The van der Waals surface area contributed by atoms with Crippen molar-refractivity contribution in [2.75, 3.05) is 18.0 Å². The minimum absolute atomic E-state index is 0.719. The molecule has 0 saturated carbocycles. The lowest BCUT2D eigenvalue weighted by molar-refractivity contribution is 0.479. The fraction of sp³-hybridized carbons (Fsp3) is 0.500. The zero-order valence-corrected chi connectivity index (χ0v) is 8.46. The third-order valence-electron chi connectivity index (χ3n) is 2.56. The Morgan fingerprint density at radius 3 is 2.85 bits per heavy atom. The van der Waals surface area contributed by atoms with Crippen LogP contribution < -0.4 is 4.90 Å². The first-order valence-electron chi connectivity index (χ1n) is 4.67. The van der Waals surface area contributed by atoms with Crippen LogP contribution in [0.1, 0.15) is 12.8 Å². The highest BCUT2D eigenvalue weighted by Gasteiger charge is 2.17. The summed E-state index contributed by atoms with van der Waals surface area (Å²) in [6.45, 7) is 6.10. The fourth-order valence-electron chi connectivity index (χ4n) is 1.70. The average molecular weight is 194 g/mol. The van der Waals surface area contributed by atoms with E-state index >= 15 is 0 Å². The minimum Gasteiger partial charge on any atom is -0.348 e. The second-order valence-electron chi connectivity index (χ2n) is 3.37. The molecule has 0 N–H and O–H groups in total. The summed E-state index contributed by atoms with van der Waals surface area (Å²) in [6, 6.07) is 0. The van der Waals surface area contributed by atoms with Crippen LogP contribution in [0.2, 0.25) is 0 Å². The maximum atomic E-state index is 4.31. The van der Waals surface area contributed by atoms with Crippen molar-refractivity contribution in [1.82, 2.24) is 4.98 Å². The van der Waals surface area contributed by atoms with Gasteiger partial charge in [-0.15, -0.1) is 17.9 Å². The van der Waals surface area contributed by atoms with Crippen molar-refractivity contribution < 1.29 is 0 Å². The topological polar surface area (TPSA) is 16.1 Å². The monoisotopic (exact) mass is 194 g/mol. The number of allylic oxidation sites excluding steroid dienone is 1. The van der Waals surface area contributed by atoms with E-state index in [4.69, 9.17) is 0 Å². The van der Waals surface area contributed by atoms with Gasteiger partial charge in [-0.2, -0.15) is 0 Å². The van der Waals surface area contributed by atoms with E-state index in [1.165, 1.54) is 18.0 Å². The SMILES string of the molecule is C=CC1CCN(c2nccs2)CC1. The molecule has 0 unspecified atom stereocenters. The number of anilines is 1. The Labute approximate surface area is 82.9 Å². The third kappa shape index (κ3) is 1.91. The van der Waals surface area contributed by atoms with Crippen LogP contribution >= 0.6 is 11.3 Å². The highest BCUT2D eigenvalue weighted by Crippen LogP contribution is 2.24. The maximum absolute atomic E-state index is 4.31. The molecule has 2 nitrogen and oxygen atoms in total. The molecule has 1 fully saturated rings. The summed E-state index contributed by atoms with van der Waals surface area (Å²) in [5, 5.41) is 3.21. The van der Waals surface area contributed by atoms with Gasteiger partial charge in [0, 0.05) is 24.7 Å². The van der Waals surface area contributed by atoms with Gasteiger partial charge in [-0.1, -0.05) is 6.08 Å². The summed E-state index contributed by atoms with van der Waals surface area (Å²) in [5.74, 6) is 0.719. The molecule has 0 aliphatic carbocycles. The van der Waals surface area contributed by atoms with Gasteiger partial charge in [-0.05, 0) is 18.8 Å². The Balaban J connectivity index is 1.95. The van der Waals surface area contributed by atoms with Crippen LogP contribution in [-0.4, -0.2) is 18.1 Å². The summed E-state index contributed by atoms with van der Waals surface area (Å²) in [7, 11) is 0. The summed E-state index contributed by atoms with van der Waals surface area (Å²) >= 11 is 1.73. The van der Waals surface area contributed by atoms with Crippen LogP contribution in [-0.2, 0) is 0 Å². The summed E-state index contributed by atoms with van der Waals surface area (Å²) in [5.41, 5.74) is 0. The molecule has 0 bridgehead atoms. The predicted molar refractivity (Wildman–Crippen MR) is 57.2 cm³/mol. The van der Waals surface area contributed by atoms with Gasteiger partial charge in [0.15, 0.2) is 5.13 Å². The molecule has 70 valence electrons. The van der Waals surface area contributed by atoms with Crippen LogP contribution in [0.25, 0.3) is 0 Å².